The van der Waals surface area contributed by atoms with Gasteiger partial charge in [-0.2, -0.15) is 0 Å². The summed E-state index contributed by atoms with van der Waals surface area (Å²) < 4.78 is 19.1. The maximum Gasteiger partial charge on any atom is 0.410 e. The molecular formula is C15H21FN2O2. The number of ether oxygens (including phenoxy) is 1. The van der Waals surface area contributed by atoms with Gasteiger partial charge >= 0.3 is 6.09 Å². The Bertz CT molecular complexity index is 499. The van der Waals surface area contributed by atoms with Crippen molar-refractivity contribution in [3.8, 4) is 0 Å². The summed E-state index contributed by atoms with van der Waals surface area (Å²) in [7, 11) is 0. The second-order valence-corrected chi connectivity index (χ2v) is 6.18. The molecule has 2 atom stereocenters. The maximum absolute atomic E-state index is 13.8. The number of hydrogen-bond donors (Lipinski definition) is 1. The normalized spacial score (nSPS) is 22.9. The third-order valence-corrected chi connectivity index (χ3v) is 3.32. The molecule has 1 aliphatic rings. The smallest absolute Gasteiger partial charge is 0.410 e. The number of nitrogens with two attached hydrogens (primary N) is 1. The van der Waals surface area contributed by atoms with Crippen molar-refractivity contribution in [2.75, 3.05) is 13.1 Å². The third-order valence-electron chi connectivity index (χ3n) is 3.32. The van der Waals surface area contributed by atoms with E-state index in [0.29, 0.717) is 18.7 Å². The van der Waals surface area contributed by atoms with E-state index in [9.17, 15) is 9.18 Å². The molecule has 5 heteroatoms. The van der Waals surface area contributed by atoms with Gasteiger partial charge in [-0.15, -0.1) is 0 Å². The standard InChI is InChI=1S/C15H21FN2O2/c1-15(2,3)20-14(19)18-8-11(13(17)9-18)10-6-4-5-7-12(10)16/h4-7,11,13H,8-9,17H2,1-3H3/t11-,13+/m0/s1. The van der Waals surface area contributed by atoms with E-state index in [0.717, 1.165) is 0 Å². The molecule has 4 nitrogen and oxygen atoms in total. The van der Waals surface area contributed by atoms with Gasteiger partial charge in [0.25, 0.3) is 0 Å². The first-order chi connectivity index (χ1) is 9.28. The van der Waals surface area contributed by atoms with Crippen molar-refractivity contribution in [3.05, 3.63) is 35.6 Å². The average Bonchev–Trinajstić information content (AvgIpc) is 2.70. The van der Waals surface area contributed by atoms with Crippen LogP contribution >= 0.6 is 0 Å². The zero-order valence-electron chi connectivity index (χ0n) is 12.1. The van der Waals surface area contributed by atoms with Gasteiger partial charge in [0.2, 0.25) is 0 Å². The first kappa shape index (κ1) is 14.8. The first-order valence-corrected chi connectivity index (χ1v) is 6.76. The van der Waals surface area contributed by atoms with E-state index in [4.69, 9.17) is 10.5 Å². The molecule has 1 aromatic carbocycles. The second-order valence-electron chi connectivity index (χ2n) is 6.18. The van der Waals surface area contributed by atoms with Crippen LogP contribution in [0.25, 0.3) is 0 Å². The molecule has 20 heavy (non-hydrogen) atoms. The molecule has 110 valence electrons. The number of nitrogens with zero attached hydrogens (tertiary/aromatic N) is 1. The highest BCUT2D eigenvalue weighted by Crippen LogP contribution is 2.29. The molecule has 0 unspecified atom stereocenters. The summed E-state index contributed by atoms with van der Waals surface area (Å²) in [6.07, 6.45) is -0.396. The van der Waals surface area contributed by atoms with Crippen LogP contribution in [0.4, 0.5) is 9.18 Å². The maximum atomic E-state index is 13.8. The highest BCUT2D eigenvalue weighted by molar-refractivity contribution is 5.69. The lowest BCUT2D eigenvalue weighted by molar-refractivity contribution is 0.0290. The van der Waals surface area contributed by atoms with Gasteiger partial charge in [0.1, 0.15) is 11.4 Å². The Labute approximate surface area is 118 Å². The van der Waals surface area contributed by atoms with Crippen LogP contribution in [0.3, 0.4) is 0 Å². The number of halogens is 1. The minimum absolute atomic E-state index is 0.191. The van der Waals surface area contributed by atoms with Crippen LogP contribution in [0.15, 0.2) is 24.3 Å². The second kappa shape index (κ2) is 5.40. The van der Waals surface area contributed by atoms with Crippen molar-refractivity contribution in [1.29, 1.82) is 0 Å². The lowest BCUT2D eigenvalue weighted by Gasteiger charge is -2.24. The van der Waals surface area contributed by atoms with Crippen LogP contribution in [0.2, 0.25) is 0 Å². The van der Waals surface area contributed by atoms with Crippen molar-refractivity contribution in [3.63, 3.8) is 0 Å². The molecule has 1 heterocycles. The van der Waals surface area contributed by atoms with Gasteiger partial charge in [0.05, 0.1) is 0 Å². The molecule has 0 aliphatic carbocycles. The van der Waals surface area contributed by atoms with Crippen molar-refractivity contribution >= 4 is 6.09 Å². The Kier molecular flexibility index (Phi) is 3.99. The first-order valence-electron chi connectivity index (χ1n) is 6.76. The summed E-state index contributed by atoms with van der Waals surface area (Å²) in [5.41, 5.74) is 6.07. The van der Waals surface area contributed by atoms with Crippen LogP contribution in [0.5, 0.6) is 0 Å². The number of carbonyl (C=O) groups is 1. The minimum Gasteiger partial charge on any atom is -0.444 e. The predicted octanol–water partition coefficient (Wildman–Crippen LogP) is 2.49. The van der Waals surface area contributed by atoms with Crippen LogP contribution in [-0.2, 0) is 4.74 Å². The van der Waals surface area contributed by atoms with Gasteiger partial charge in [-0.05, 0) is 32.4 Å². The van der Waals surface area contributed by atoms with E-state index in [1.165, 1.54) is 6.07 Å². The van der Waals surface area contributed by atoms with E-state index < -0.39 is 11.7 Å². The Morgan fingerprint density at radius 1 is 1.35 bits per heavy atom. The molecule has 2 rings (SSSR count). The molecule has 0 spiro atoms. The van der Waals surface area contributed by atoms with Crippen LogP contribution in [-0.4, -0.2) is 35.7 Å². The highest BCUT2D eigenvalue weighted by Gasteiger charge is 2.36. The van der Waals surface area contributed by atoms with Gasteiger partial charge in [0.15, 0.2) is 0 Å². The largest absolute Gasteiger partial charge is 0.444 e. The van der Waals surface area contributed by atoms with Gasteiger partial charge in [-0.1, -0.05) is 18.2 Å². The van der Waals surface area contributed by atoms with Crippen LogP contribution in [0.1, 0.15) is 32.3 Å². The fraction of sp³-hybridized carbons (Fsp3) is 0.533. The van der Waals surface area contributed by atoms with Crippen molar-refractivity contribution in [2.45, 2.75) is 38.3 Å². The number of hydrogen-bond acceptors (Lipinski definition) is 3. The monoisotopic (exact) mass is 280 g/mol. The Hall–Kier alpha value is -1.62. The lowest BCUT2D eigenvalue weighted by atomic mass is 9.94. The molecule has 1 fully saturated rings. The van der Waals surface area contributed by atoms with Gasteiger partial charge in [0, 0.05) is 25.0 Å². The molecule has 1 aromatic rings. The van der Waals surface area contributed by atoms with E-state index >= 15 is 0 Å². The highest BCUT2D eigenvalue weighted by atomic mass is 19.1. The molecule has 0 bridgehead atoms. The molecule has 1 saturated heterocycles. The fourth-order valence-corrected chi connectivity index (χ4v) is 2.41. The molecule has 1 aliphatic heterocycles. The molecule has 1 amide bonds. The summed E-state index contributed by atoms with van der Waals surface area (Å²) >= 11 is 0. The van der Waals surface area contributed by atoms with Gasteiger partial charge < -0.3 is 15.4 Å². The minimum atomic E-state index is -0.544. The Morgan fingerprint density at radius 3 is 2.60 bits per heavy atom. The van der Waals surface area contributed by atoms with E-state index in [1.54, 1.807) is 23.1 Å². The van der Waals surface area contributed by atoms with Crippen LogP contribution in [0, 0.1) is 5.82 Å². The average molecular weight is 280 g/mol. The topological polar surface area (TPSA) is 55.6 Å². The number of likely N-dealkylation sites (tertiary alicyclic amines) is 1. The van der Waals surface area contributed by atoms with Gasteiger partial charge in [-0.25, -0.2) is 9.18 Å². The third kappa shape index (κ3) is 3.28. The molecule has 0 aromatic heterocycles. The number of carbonyl (C=O) groups excluding carboxylic acids is 1. The summed E-state index contributed by atoms with van der Waals surface area (Å²) in [5.74, 6) is -0.470. The summed E-state index contributed by atoms with van der Waals surface area (Å²) in [4.78, 5) is 13.6. The summed E-state index contributed by atoms with van der Waals surface area (Å²) in [5, 5.41) is 0. The Morgan fingerprint density at radius 2 is 2.00 bits per heavy atom. The van der Waals surface area contributed by atoms with Gasteiger partial charge in [-0.3, -0.25) is 0 Å². The van der Waals surface area contributed by atoms with Crippen molar-refractivity contribution in [1.82, 2.24) is 4.90 Å². The Balaban J connectivity index is 2.10. The van der Waals surface area contributed by atoms with E-state index in [1.807, 2.05) is 20.8 Å². The number of amides is 1. The van der Waals surface area contributed by atoms with Crippen molar-refractivity contribution < 1.29 is 13.9 Å². The van der Waals surface area contributed by atoms with E-state index in [2.05, 4.69) is 0 Å². The predicted molar refractivity (Wildman–Crippen MR) is 74.9 cm³/mol. The zero-order valence-corrected chi connectivity index (χ0v) is 12.1. The lowest BCUT2D eigenvalue weighted by Crippen LogP contribution is -2.36. The van der Waals surface area contributed by atoms with E-state index in [-0.39, 0.29) is 17.8 Å². The zero-order chi connectivity index (χ0) is 14.9. The summed E-state index contributed by atoms with van der Waals surface area (Å²) in [6, 6.07) is 6.28. The SMILES string of the molecule is CC(C)(C)OC(=O)N1C[C@@H](N)[C@H](c2ccccc2F)C1. The quantitative estimate of drug-likeness (QED) is 0.860. The molecule has 0 radical (unpaired) electrons. The summed E-state index contributed by atoms with van der Waals surface area (Å²) in [6.45, 7) is 6.21. The molecular weight excluding hydrogens is 259 g/mol. The van der Waals surface area contributed by atoms with Crippen LogP contribution < -0.4 is 5.73 Å². The molecule has 0 saturated carbocycles. The number of rotatable bonds is 1. The molecule has 2 N–H and O–H groups in total. The van der Waals surface area contributed by atoms with Crippen molar-refractivity contribution in [2.24, 2.45) is 5.73 Å². The fourth-order valence-electron chi connectivity index (χ4n) is 2.41. The number of benzene rings is 1.